The van der Waals surface area contributed by atoms with Crippen LogP contribution >= 0.6 is 0 Å². The van der Waals surface area contributed by atoms with Crippen molar-refractivity contribution < 1.29 is 19.1 Å². The lowest BCUT2D eigenvalue weighted by Crippen LogP contribution is -2.32. The zero-order valence-corrected chi connectivity index (χ0v) is 12.0. The number of hydrogen-bond acceptors (Lipinski definition) is 4. The van der Waals surface area contributed by atoms with E-state index in [9.17, 15) is 9.59 Å². The van der Waals surface area contributed by atoms with Crippen LogP contribution in [0.5, 0.6) is 0 Å². The van der Waals surface area contributed by atoms with E-state index in [0.29, 0.717) is 43.9 Å². The molecule has 3 atom stereocenters. The summed E-state index contributed by atoms with van der Waals surface area (Å²) < 4.78 is 10.00. The molecule has 3 rings (SSSR count). The van der Waals surface area contributed by atoms with Gasteiger partial charge in [0.1, 0.15) is 6.61 Å². The first-order valence-electron chi connectivity index (χ1n) is 7.21. The Labute approximate surface area is 123 Å². The zero-order valence-electron chi connectivity index (χ0n) is 12.0. The van der Waals surface area contributed by atoms with Gasteiger partial charge >= 0.3 is 12.1 Å². The Kier molecular flexibility index (Phi) is 3.82. The molecule has 2 aliphatic rings. The van der Waals surface area contributed by atoms with Gasteiger partial charge in [-0.15, -0.1) is 0 Å². The van der Waals surface area contributed by atoms with Crippen LogP contribution in [-0.2, 0) is 20.9 Å². The number of likely N-dealkylation sites (tertiary alicyclic amines) is 1. The van der Waals surface area contributed by atoms with Crippen LogP contribution in [-0.4, -0.2) is 37.2 Å². The summed E-state index contributed by atoms with van der Waals surface area (Å²) in [5.41, 5.74) is 0.985. The molecule has 0 N–H and O–H groups in total. The van der Waals surface area contributed by atoms with E-state index in [-0.39, 0.29) is 12.1 Å². The molecule has 0 radical (unpaired) electrons. The number of ether oxygens (including phenoxy) is 2. The first kappa shape index (κ1) is 13.9. The first-order chi connectivity index (χ1) is 10.2. The van der Waals surface area contributed by atoms with Crippen LogP contribution in [0.4, 0.5) is 4.79 Å². The van der Waals surface area contributed by atoms with Gasteiger partial charge in [-0.3, -0.25) is 4.79 Å². The molecule has 1 saturated heterocycles. The molecule has 1 heterocycles. The van der Waals surface area contributed by atoms with Gasteiger partial charge in [-0.1, -0.05) is 30.3 Å². The summed E-state index contributed by atoms with van der Waals surface area (Å²) in [6, 6.07) is 9.64. The highest BCUT2D eigenvalue weighted by molar-refractivity contribution is 5.71. The highest BCUT2D eigenvalue weighted by Crippen LogP contribution is 2.53. The van der Waals surface area contributed by atoms with E-state index in [1.165, 1.54) is 7.11 Å². The van der Waals surface area contributed by atoms with Gasteiger partial charge in [0.2, 0.25) is 0 Å². The summed E-state index contributed by atoms with van der Waals surface area (Å²) in [7, 11) is 1.41. The number of fused-ring (bicyclic) bond motifs is 1. The smallest absolute Gasteiger partial charge is 0.410 e. The maximum Gasteiger partial charge on any atom is 0.410 e. The summed E-state index contributed by atoms with van der Waals surface area (Å²) in [5.74, 6) is 1.10. The van der Waals surface area contributed by atoms with Gasteiger partial charge in [-0.25, -0.2) is 4.79 Å². The third-order valence-corrected chi connectivity index (χ3v) is 4.46. The minimum Gasteiger partial charge on any atom is -0.469 e. The second-order valence-corrected chi connectivity index (χ2v) is 5.72. The molecule has 5 nitrogen and oxygen atoms in total. The number of rotatable bonds is 4. The van der Waals surface area contributed by atoms with Gasteiger partial charge in [0.05, 0.1) is 7.11 Å². The molecule has 1 aromatic carbocycles. The summed E-state index contributed by atoms with van der Waals surface area (Å²) in [5, 5.41) is 0. The normalized spacial score (nSPS) is 26.1. The van der Waals surface area contributed by atoms with Crippen molar-refractivity contribution in [2.45, 2.75) is 13.0 Å². The van der Waals surface area contributed by atoms with Crippen molar-refractivity contribution >= 4 is 12.1 Å². The van der Waals surface area contributed by atoms with Crippen molar-refractivity contribution in [1.29, 1.82) is 0 Å². The lowest BCUT2D eigenvalue weighted by atomic mass is 10.2. The maximum absolute atomic E-state index is 12.0. The summed E-state index contributed by atoms with van der Waals surface area (Å²) in [6.45, 7) is 1.69. The number of amides is 1. The van der Waals surface area contributed by atoms with Crippen LogP contribution in [0.1, 0.15) is 12.0 Å². The van der Waals surface area contributed by atoms with E-state index in [0.717, 1.165) is 5.56 Å². The quantitative estimate of drug-likeness (QED) is 0.796. The second-order valence-electron chi connectivity index (χ2n) is 5.72. The van der Waals surface area contributed by atoms with Crippen molar-refractivity contribution in [3.63, 3.8) is 0 Å². The average Bonchev–Trinajstić information content (AvgIpc) is 2.96. The van der Waals surface area contributed by atoms with E-state index in [1.54, 1.807) is 4.90 Å². The van der Waals surface area contributed by atoms with Crippen LogP contribution in [0.15, 0.2) is 30.3 Å². The predicted molar refractivity (Wildman–Crippen MR) is 75.3 cm³/mol. The predicted octanol–water partition coefficient (Wildman–Crippen LogP) is 2.06. The first-order valence-corrected chi connectivity index (χ1v) is 7.21. The van der Waals surface area contributed by atoms with Crippen molar-refractivity contribution in [1.82, 2.24) is 4.90 Å². The van der Waals surface area contributed by atoms with Crippen molar-refractivity contribution in [3.8, 4) is 0 Å². The molecule has 1 aliphatic carbocycles. The highest BCUT2D eigenvalue weighted by atomic mass is 16.6. The highest BCUT2D eigenvalue weighted by Gasteiger charge is 2.57. The molecule has 0 bridgehead atoms. The Morgan fingerprint density at radius 3 is 2.48 bits per heavy atom. The van der Waals surface area contributed by atoms with E-state index >= 15 is 0 Å². The van der Waals surface area contributed by atoms with Crippen molar-refractivity contribution in [3.05, 3.63) is 35.9 Å². The summed E-state index contributed by atoms with van der Waals surface area (Å²) in [6.07, 6.45) is 0.210. The molecule has 1 saturated carbocycles. The third-order valence-electron chi connectivity index (χ3n) is 4.46. The maximum atomic E-state index is 12.0. The van der Waals surface area contributed by atoms with Crippen LogP contribution in [0.3, 0.4) is 0 Å². The molecule has 1 aliphatic heterocycles. The molecule has 0 spiro atoms. The van der Waals surface area contributed by atoms with Crippen LogP contribution in [0, 0.1) is 17.8 Å². The molecule has 5 heteroatoms. The molecule has 1 unspecified atom stereocenters. The van der Waals surface area contributed by atoms with Gasteiger partial charge in [0.15, 0.2) is 0 Å². The average molecular weight is 289 g/mol. The number of hydrogen-bond donors (Lipinski definition) is 0. The number of benzene rings is 1. The van der Waals surface area contributed by atoms with Crippen LogP contribution < -0.4 is 0 Å². The van der Waals surface area contributed by atoms with E-state index in [2.05, 4.69) is 4.74 Å². The Bertz CT molecular complexity index is 518. The van der Waals surface area contributed by atoms with Gasteiger partial charge in [-0.05, 0) is 23.3 Å². The van der Waals surface area contributed by atoms with Gasteiger partial charge in [0, 0.05) is 19.5 Å². The molecule has 2 fully saturated rings. The van der Waals surface area contributed by atoms with Crippen molar-refractivity contribution in [2.75, 3.05) is 20.2 Å². The summed E-state index contributed by atoms with van der Waals surface area (Å²) >= 11 is 0. The Balaban J connectivity index is 1.42. The zero-order chi connectivity index (χ0) is 14.8. The van der Waals surface area contributed by atoms with Gasteiger partial charge < -0.3 is 14.4 Å². The summed E-state index contributed by atoms with van der Waals surface area (Å²) in [4.78, 5) is 25.0. The largest absolute Gasteiger partial charge is 0.469 e. The lowest BCUT2D eigenvalue weighted by molar-refractivity contribution is -0.141. The molecular formula is C16H19NO4. The topological polar surface area (TPSA) is 55.8 Å². The number of piperidine rings is 1. The molecule has 112 valence electrons. The minimum atomic E-state index is -0.261. The van der Waals surface area contributed by atoms with E-state index in [4.69, 9.17) is 4.74 Å². The number of nitrogens with zero attached hydrogens (tertiary/aromatic N) is 1. The standard InChI is InChI=1S/C16H19NO4/c1-20-15(18)7-12-13-8-17(9-14(12)13)16(19)21-10-11-5-3-2-4-6-11/h2-6,12-14H,7-10H2,1H3/t12-,13-,14?/m0/s1. The molecule has 21 heavy (non-hydrogen) atoms. The van der Waals surface area contributed by atoms with Crippen molar-refractivity contribution in [2.24, 2.45) is 17.8 Å². The Morgan fingerprint density at radius 2 is 1.86 bits per heavy atom. The fourth-order valence-corrected chi connectivity index (χ4v) is 3.19. The fraction of sp³-hybridized carbons (Fsp3) is 0.500. The fourth-order valence-electron chi connectivity index (χ4n) is 3.19. The molecular weight excluding hydrogens is 270 g/mol. The number of carbonyl (C=O) groups is 2. The van der Waals surface area contributed by atoms with Gasteiger partial charge in [0.25, 0.3) is 0 Å². The third kappa shape index (κ3) is 3.01. The SMILES string of the molecule is COC(=O)C[C@@H]1C2CN(C(=O)OCc3ccccc3)C[C@H]21. The van der Waals surface area contributed by atoms with Crippen LogP contribution in [0.2, 0.25) is 0 Å². The second kappa shape index (κ2) is 5.76. The minimum absolute atomic E-state index is 0.160. The number of carbonyl (C=O) groups excluding carboxylic acids is 2. The molecule has 0 aromatic heterocycles. The van der Waals surface area contributed by atoms with Crippen LogP contribution in [0.25, 0.3) is 0 Å². The monoisotopic (exact) mass is 289 g/mol. The van der Waals surface area contributed by atoms with E-state index < -0.39 is 0 Å². The molecule has 1 amide bonds. The van der Waals surface area contributed by atoms with E-state index in [1.807, 2.05) is 30.3 Å². The Morgan fingerprint density at radius 1 is 1.19 bits per heavy atom. The number of esters is 1. The molecule has 1 aromatic rings. The number of methoxy groups -OCH3 is 1. The van der Waals surface area contributed by atoms with Gasteiger partial charge in [-0.2, -0.15) is 0 Å². The Hall–Kier alpha value is -2.04. The lowest BCUT2D eigenvalue weighted by Gasteiger charge is -2.19.